The first-order valence-corrected chi connectivity index (χ1v) is 6.24. The molecule has 1 heterocycles. The highest BCUT2D eigenvalue weighted by Crippen LogP contribution is 2.15. The van der Waals surface area contributed by atoms with Gasteiger partial charge in [0.25, 0.3) is 0 Å². The standard InChI is InChI=1S/C15H14FN3O/c1-2-20-15-6-4-13(10-19-15)18-9-12-7-11(8-17)3-5-14(12)16/h3-7,10,18H,2,9H2,1H3. The molecule has 0 aliphatic rings. The van der Waals surface area contributed by atoms with Crippen LogP contribution in [0.5, 0.6) is 5.88 Å². The number of nitrogens with one attached hydrogen (secondary N) is 1. The molecular formula is C15H14FN3O. The summed E-state index contributed by atoms with van der Waals surface area (Å²) in [5, 5.41) is 11.9. The molecule has 0 radical (unpaired) electrons. The van der Waals surface area contributed by atoms with Crippen LogP contribution in [0.3, 0.4) is 0 Å². The van der Waals surface area contributed by atoms with Gasteiger partial charge in [-0.1, -0.05) is 0 Å². The maximum absolute atomic E-state index is 13.6. The van der Waals surface area contributed by atoms with Crippen molar-refractivity contribution in [1.82, 2.24) is 4.98 Å². The van der Waals surface area contributed by atoms with Gasteiger partial charge in [-0.25, -0.2) is 9.37 Å². The van der Waals surface area contributed by atoms with Gasteiger partial charge in [0, 0.05) is 18.2 Å². The maximum Gasteiger partial charge on any atom is 0.213 e. The van der Waals surface area contributed by atoms with Crippen molar-refractivity contribution in [1.29, 1.82) is 5.26 Å². The van der Waals surface area contributed by atoms with Gasteiger partial charge in [-0.15, -0.1) is 0 Å². The van der Waals surface area contributed by atoms with Crippen LogP contribution >= 0.6 is 0 Å². The normalized spacial score (nSPS) is 9.85. The minimum Gasteiger partial charge on any atom is -0.478 e. The van der Waals surface area contributed by atoms with E-state index >= 15 is 0 Å². The Balaban J connectivity index is 2.03. The highest BCUT2D eigenvalue weighted by Gasteiger charge is 2.04. The fraction of sp³-hybridized carbons (Fsp3) is 0.200. The zero-order chi connectivity index (χ0) is 14.4. The van der Waals surface area contributed by atoms with E-state index in [1.54, 1.807) is 12.3 Å². The van der Waals surface area contributed by atoms with Gasteiger partial charge in [0.2, 0.25) is 5.88 Å². The number of halogens is 1. The molecule has 1 N–H and O–H groups in total. The van der Waals surface area contributed by atoms with Crippen LogP contribution in [0.4, 0.5) is 10.1 Å². The van der Waals surface area contributed by atoms with Crippen LogP contribution < -0.4 is 10.1 Å². The minimum atomic E-state index is -0.338. The van der Waals surface area contributed by atoms with Crippen molar-refractivity contribution in [3.8, 4) is 11.9 Å². The summed E-state index contributed by atoms with van der Waals surface area (Å²) >= 11 is 0. The van der Waals surface area contributed by atoms with E-state index in [1.807, 2.05) is 19.1 Å². The topological polar surface area (TPSA) is 57.9 Å². The maximum atomic E-state index is 13.6. The van der Waals surface area contributed by atoms with Gasteiger partial charge in [0.15, 0.2) is 0 Å². The van der Waals surface area contributed by atoms with E-state index in [1.165, 1.54) is 18.2 Å². The molecule has 0 bridgehead atoms. The fourth-order valence-corrected chi connectivity index (χ4v) is 1.70. The van der Waals surface area contributed by atoms with Gasteiger partial charge in [-0.2, -0.15) is 5.26 Å². The highest BCUT2D eigenvalue weighted by molar-refractivity contribution is 5.43. The lowest BCUT2D eigenvalue weighted by molar-refractivity contribution is 0.327. The van der Waals surface area contributed by atoms with Crippen molar-refractivity contribution in [2.45, 2.75) is 13.5 Å². The molecule has 102 valence electrons. The Morgan fingerprint density at radius 1 is 1.35 bits per heavy atom. The Morgan fingerprint density at radius 2 is 2.20 bits per heavy atom. The van der Waals surface area contributed by atoms with Crippen molar-refractivity contribution in [2.75, 3.05) is 11.9 Å². The van der Waals surface area contributed by atoms with E-state index in [-0.39, 0.29) is 12.4 Å². The van der Waals surface area contributed by atoms with Crippen LogP contribution in [0, 0.1) is 17.1 Å². The van der Waals surface area contributed by atoms with E-state index in [0.717, 1.165) is 5.69 Å². The molecule has 2 rings (SSSR count). The lowest BCUT2D eigenvalue weighted by atomic mass is 10.1. The summed E-state index contributed by atoms with van der Waals surface area (Å²) in [5.74, 6) is 0.214. The summed E-state index contributed by atoms with van der Waals surface area (Å²) < 4.78 is 18.8. The summed E-state index contributed by atoms with van der Waals surface area (Å²) in [4.78, 5) is 4.11. The van der Waals surface area contributed by atoms with E-state index in [0.29, 0.717) is 23.6 Å². The van der Waals surface area contributed by atoms with Gasteiger partial charge >= 0.3 is 0 Å². The third-order valence-electron chi connectivity index (χ3n) is 2.69. The molecule has 0 atom stereocenters. The molecular weight excluding hydrogens is 257 g/mol. The first-order chi connectivity index (χ1) is 9.72. The van der Waals surface area contributed by atoms with E-state index in [9.17, 15) is 4.39 Å². The van der Waals surface area contributed by atoms with Gasteiger partial charge < -0.3 is 10.1 Å². The van der Waals surface area contributed by atoms with Gasteiger partial charge in [0.05, 0.1) is 30.1 Å². The SMILES string of the molecule is CCOc1ccc(NCc2cc(C#N)ccc2F)cn1. The van der Waals surface area contributed by atoms with Gasteiger partial charge in [0.1, 0.15) is 5.82 Å². The average Bonchev–Trinajstić information content (AvgIpc) is 2.48. The Labute approximate surface area is 116 Å². The van der Waals surface area contributed by atoms with Gasteiger partial charge in [-0.3, -0.25) is 0 Å². The van der Waals surface area contributed by atoms with Crippen LogP contribution in [-0.4, -0.2) is 11.6 Å². The Hall–Kier alpha value is -2.61. The smallest absolute Gasteiger partial charge is 0.213 e. The molecule has 0 saturated carbocycles. The van der Waals surface area contributed by atoms with Crippen LogP contribution in [-0.2, 0) is 6.54 Å². The second-order valence-corrected chi connectivity index (χ2v) is 4.09. The fourth-order valence-electron chi connectivity index (χ4n) is 1.70. The Bertz CT molecular complexity index is 620. The molecule has 1 aromatic carbocycles. The third kappa shape index (κ3) is 3.45. The molecule has 2 aromatic rings. The zero-order valence-corrected chi connectivity index (χ0v) is 11.1. The predicted molar refractivity (Wildman–Crippen MR) is 73.8 cm³/mol. The van der Waals surface area contributed by atoms with Crippen LogP contribution in [0.2, 0.25) is 0 Å². The number of anilines is 1. The zero-order valence-electron chi connectivity index (χ0n) is 11.1. The molecule has 1 aromatic heterocycles. The average molecular weight is 271 g/mol. The second-order valence-electron chi connectivity index (χ2n) is 4.09. The van der Waals surface area contributed by atoms with Crippen LogP contribution in [0.1, 0.15) is 18.1 Å². The summed E-state index contributed by atoms with van der Waals surface area (Å²) in [6.45, 7) is 2.74. The first kappa shape index (κ1) is 13.8. The quantitative estimate of drug-likeness (QED) is 0.907. The highest BCUT2D eigenvalue weighted by atomic mass is 19.1. The van der Waals surface area contributed by atoms with Crippen LogP contribution in [0.25, 0.3) is 0 Å². The number of nitriles is 1. The number of nitrogens with zero attached hydrogens (tertiary/aromatic N) is 2. The monoisotopic (exact) mass is 271 g/mol. The number of rotatable bonds is 5. The molecule has 0 aliphatic carbocycles. The van der Waals surface area contributed by atoms with Crippen LogP contribution in [0.15, 0.2) is 36.5 Å². The number of pyridine rings is 1. The lowest BCUT2D eigenvalue weighted by Crippen LogP contribution is -2.03. The second kappa shape index (κ2) is 6.53. The lowest BCUT2D eigenvalue weighted by Gasteiger charge is -2.08. The molecule has 0 spiro atoms. The van der Waals surface area contributed by atoms with Crippen molar-refractivity contribution in [2.24, 2.45) is 0 Å². The van der Waals surface area contributed by atoms with Gasteiger partial charge in [-0.05, 0) is 31.2 Å². The number of aromatic nitrogens is 1. The molecule has 0 unspecified atom stereocenters. The van der Waals surface area contributed by atoms with E-state index in [2.05, 4.69) is 10.3 Å². The summed E-state index contributed by atoms with van der Waals surface area (Å²) in [6.07, 6.45) is 1.62. The summed E-state index contributed by atoms with van der Waals surface area (Å²) in [5.41, 5.74) is 1.64. The molecule has 0 aliphatic heterocycles. The van der Waals surface area contributed by atoms with E-state index < -0.39 is 0 Å². The predicted octanol–water partition coefficient (Wildman–Crippen LogP) is 3.10. The molecule has 20 heavy (non-hydrogen) atoms. The molecule has 4 nitrogen and oxygen atoms in total. The number of hydrogen-bond donors (Lipinski definition) is 1. The Kier molecular flexibility index (Phi) is 4.51. The molecule has 0 fully saturated rings. The molecule has 0 saturated heterocycles. The number of ether oxygens (including phenoxy) is 1. The number of benzene rings is 1. The van der Waals surface area contributed by atoms with Crippen molar-refractivity contribution in [3.63, 3.8) is 0 Å². The van der Waals surface area contributed by atoms with E-state index in [4.69, 9.17) is 10.00 Å². The summed E-state index contributed by atoms with van der Waals surface area (Å²) in [7, 11) is 0. The number of hydrogen-bond acceptors (Lipinski definition) is 4. The summed E-state index contributed by atoms with van der Waals surface area (Å²) in [6, 6.07) is 9.83. The van der Waals surface area contributed by atoms with Crippen molar-refractivity contribution in [3.05, 3.63) is 53.5 Å². The minimum absolute atomic E-state index is 0.289. The first-order valence-electron chi connectivity index (χ1n) is 6.24. The van der Waals surface area contributed by atoms with Crippen molar-refractivity contribution >= 4 is 5.69 Å². The largest absolute Gasteiger partial charge is 0.478 e. The third-order valence-corrected chi connectivity index (χ3v) is 2.69. The molecule has 5 heteroatoms. The van der Waals surface area contributed by atoms with Crippen molar-refractivity contribution < 1.29 is 9.13 Å². The molecule has 0 amide bonds. The Morgan fingerprint density at radius 3 is 2.85 bits per heavy atom.